The third kappa shape index (κ3) is 3.78. The van der Waals surface area contributed by atoms with Crippen molar-refractivity contribution in [1.82, 2.24) is 20.1 Å². The van der Waals surface area contributed by atoms with Crippen LogP contribution in [0.4, 0.5) is 0 Å². The maximum absolute atomic E-state index is 5.83. The quantitative estimate of drug-likeness (QED) is 0.733. The molecule has 0 bridgehead atoms. The number of aryl methyl sites for hydroxylation is 1. The highest BCUT2D eigenvalue weighted by Gasteiger charge is 2.25. The van der Waals surface area contributed by atoms with E-state index >= 15 is 0 Å². The smallest absolute Gasteiger partial charge is 0.146 e. The minimum atomic E-state index is 0.123. The van der Waals surface area contributed by atoms with Crippen LogP contribution in [0.25, 0.3) is 0 Å². The number of ether oxygens (including phenoxy) is 1. The summed E-state index contributed by atoms with van der Waals surface area (Å²) in [6, 6.07) is 0.123. The van der Waals surface area contributed by atoms with Crippen molar-refractivity contribution in [3.05, 3.63) is 12.2 Å². The molecule has 2 atom stereocenters. The number of nitrogens with one attached hydrogen (secondary N) is 1. The van der Waals surface area contributed by atoms with Crippen LogP contribution < -0.4 is 5.32 Å². The van der Waals surface area contributed by atoms with Gasteiger partial charge in [-0.05, 0) is 33.2 Å². The Morgan fingerprint density at radius 3 is 2.67 bits per heavy atom. The molecule has 0 aliphatic carbocycles. The van der Waals surface area contributed by atoms with Gasteiger partial charge >= 0.3 is 0 Å². The second kappa shape index (κ2) is 8.21. The fraction of sp³-hybridized carbons (Fsp3) is 0.846. The van der Waals surface area contributed by atoms with E-state index in [1.54, 1.807) is 6.33 Å². The van der Waals surface area contributed by atoms with Gasteiger partial charge in [-0.25, -0.2) is 9.67 Å². The average Bonchev–Trinajstić information content (AvgIpc) is 2.86. The molecular formula is C13H26N4O. The van der Waals surface area contributed by atoms with E-state index in [1.807, 2.05) is 11.6 Å². The Bertz CT molecular complexity index is 327. The van der Waals surface area contributed by atoms with E-state index in [4.69, 9.17) is 4.74 Å². The van der Waals surface area contributed by atoms with Gasteiger partial charge in [0.15, 0.2) is 0 Å². The van der Waals surface area contributed by atoms with Gasteiger partial charge in [-0.3, -0.25) is 0 Å². The SMILES string of the molecule is CCCNC(c1ncnn1CC)C(CC)OCC. The summed E-state index contributed by atoms with van der Waals surface area (Å²) in [4.78, 5) is 4.40. The summed E-state index contributed by atoms with van der Waals surface area (Å²) in [5, 5.41) is 7.78. The molecule has 0 amide bonds. The maximum Gasteiger partial charge on any atom is 0.146 e. The van der Waals surface area contributed by atoms with Crippen LogP contribution in [-0.4, -0.2) is 34.0 Å². The van der Waals surface area contributed by atoms with Gasteiger partial charge in [-0.2, -0.15) is 5.10 Å². The molecule has 0 aromatic carbocycles. The molecule has 1 aromatic heterocycles. The first-order valence-corrected chi connectivity index (χ1v) is 7.01. The van der Waals surface area contributed by atoms with Crippen LogP contribution in [0, 0.1) is 0 Å². The van der Waals surface area contributed by atoms with Crippen LogP contribution in [0.3, 0.4) is 0 Å². The topological polar surface area (TPSA) is 52.0 Å². The summed E-state index contributed by atoms with van der Waals surface area (Å²) >= 11 is 0. The molecule has 5 nitrogen and oxygen atoms in total. The van der Waals surface area contributed by atoms with Crippen LogP contribution in [-0.2, 0) is 11.3 Å². The van der Waals surface area contributed by atoms with Crippen molar-refractivity contribution in [3.8, 4) is 0 Å². The third-order valence-corrected chi connectivity index (χ3v) is 2.99. The number of hydrogen-bond donors (Lipinski definition) is 1. The lowest BCUT2D eigenvalue weighted by Crippen LogP contribution is -2.36. The molecule has 1 aromatic rings. The van der Waals surface area contributed by atoms with E-state index < -0.39 is 0 Å². The van der Waals surface area contributed by atoms with Crippen LogP contribution in [0.5, 0.6) is 0 Å². The Labute approximate surface area is 110 Å². The first kappa shape index (κ1) is 15.1. The normalized spacial score (nSPS) is 14.7. The van der Waals surface area contributed by atoms with Crippen molar-refractivity contribution in [3.63, 3.8) is 0 Å². The summed E-state index contributed by atoms with van der Waals surface area (Å²) in [6.45, 7) is 10.9. The van der Waals surface area contributed by atoms with Gasteiger partial charge in [0.05, 0.1) is 12.1 Å². The second-order valence-corrected chi connectivity index (χ2v) is 4.27. The largest absolute Gasteiger partial charge is 0.376 e. The van der Waals surface area contributed by atoms with Gasteiger partial charge < -0.3 is 10.1 Å². The second-order valence-electron chi connectivity index (χ2n) is 4.27. The molecule has 18 heavy (non-hydrogen) atoms. The van der Waals surface area contributed by atoms with E-state index in [-0.39, 0.29) is 12.1 Å². The monoisotopic (exact) mass is 254 g/mol. The summed E-state index contributed by atoms with van der Waals surface area (Å²) in [5.41, 5.74) is 0. The zero-order valence-electron chi connectivity index (χ0n) is 12.0. The standard InChI is InChI=1S/C13H26N4O/c1-5-9-14-12(11(6-2)18-8-4)13-15-10-16-17(13)7-3/h10-12,14H,5-9H2,1-4H3. The molecule has 1 rings (SSSR count). The van der Waals surface area contributed by atoms with Gasteiger partial charge in [0.1, 0.15) is 12.2 Å². The van der Waals surface area contributed by atoms with Crippen molar-refractivity contribution < 1.29 is 4.74 Å². The summed E-state index contributed by atoms with van der Waals surface area (Å²) < 4.78 is 7.77. The van der Waals surface area contributed by atoms with Crippen LogP contribution in [0.1, 0.15) is 52.4 Å². The molecule has 0 spiro atoms. The third-order valence-electron chi connectivity index (χ3n) is 2.99. The van der Waals surface area contributed by atoms with Gasteiger partial charge in [-0.15, -0.1) is 0 Å². The molecule has 5 heteroatoms. The zero-order chi connectivity index (χ0) is 13.4. The molecule has 0 fully saturated rings. The fourth-order valence-electron chi connectivity index (χ4n) is 2.11. The summed E-state index contributed by atoms with van der Waals surface area (Å²) in [6.07, 6.45) is 3.83. The number of aromatic nitrogens is 3. The lowest BCUT2D eigenvalue weighted by Gasteiger charge is -2.26. The van der Waals surface area contributed by atoms with Crippen molar-refractivity contribution in [2.24, 2.45) is 0 Å². The van der Waals surface area contributed by atoms with Crippen LogP contribution in [0.2, 0.25) is 0 Å². The Morgan fingerprint density at radius 1 is 1.33 bits per heavy atom. The predicted molar refractivity (Wildman–Crippen MR) is 72.4 cm³/mol. The average molecular weight is 254 g/mol. The first-order valence-electron chi connectivity index (χ1n) is 7.01. The van der Waals surface area contributed by atoms with Crippen LogP contribution in [0.15, 0.2) is 6.33 Å². The summed E-state index contributed by atoms with van der Waals surface area (Å²) in [5.74, 6) is 0.978. The van der Waals surface area contributed by atoms with Gasteiger partial charge in [0, 0.05) is 13.2 Å². The molecule has 104 valence electrons. The van der Waals surface area contributed by atoms with Gasteiger partial charge in [0.25, 0.3) is 0 Å². The molecule has 0 aliphatic rings. The van der Waals surface area contributed by atoms with Gasteiger partial charge in [0.2, 0.25) is 0 Å². The van der Waals surface area contributed by atoms with Gasteiger partial charge in [-0.1, -0.05) is 13.8 Å². The molecule has 0 aliphatic heterocycles. The number of rotatable bonds is 9. The molecule has 2 unspecified atom stereocenters. The summed E-state index contributed by atoms with van der Waals surface area (Å²) in [7, 11) is 0. The molecule has 1 N–H and O–H groups in total. The minimum Gasteiger partial charge on any atom is -0.376 e. The Hall–Kier alpha value is -0.940. The first-order chi connectivity index (χ1) is 8.78. The zero-order valence-corrected chi connectivity index (χ0v) is 12.0. The van der Waals surface area contributed by atoms with Crippen molar-refractivity contribution in [1.29, 1.82) is 0 Å². The van der Waals surface area contributed by atoms with Crippen molar-refractivity contribution >= 4 is 0 Å². The Kier molecular flexibility index (Phi) is 6.90. The fourth-order valence-corrected chi connectivity index (χ4v) is 2.11. The van der Waals surface area contributed by atoms with E-state index in [2.05, 4.69) is 36.2 Å². The number of nitrogens with zero attached hydrogens (tertiary/aromatic N) is 3. The minimum absolute atomic E-state index is 0.123. The predicted octanol–water partition coefficient (Wildman–Crippen LogP) is 2.15. The van der Waals surface area contributed by atoms with Crippen LogP contribution >= 0.6 is 0 Å². The van der Waals surface area contributed by atoms with E-state index in [0.717, 1.165) is 38.4 Å². The maximum atomic E-state index is 5.83. The molecule has 0 saturated carbocycles. The van der Waals surface area contributed by atoms with E-state index in [9.17, 15) is 0 Å². The van der Waals surface area contributed by atoms with E-state index in [0.29, 0.717) is 0 Å². The molecule has 1 heterocycles. The number of hydrogen-bond acceptors (Lipinski definition) is 4. The lowest BCUT2D eigenvalue weighted by atomic mass is 10.1. The van der Waals surface area contributed by atoms with Crippen molar-refractivity contribution in [2.75, 3.05) is 13.2 Å². The Morgan fingerprint density at radius 2 is 2.11 bits per heavy atom. The van der Waals surface area contributed by atoms with Crippen molar-refractivity contribution in [2.45, 2.75) is 59.2 Å². The highest BCUT2D eigenvalue weighted by molar-refractivity contribution is 4.98. The highest BCUT2D eigenvalue weighted by atomic mass is 16.5. The lowest BCUT2D eigenvalue weighted by molar-refractivity contribution is 0.0280. The van der Waals surface area contributed by atoms with E-state index in [1.165, 1.54) is 0 Å². The molecule has 0 radical (unpaired) electrons. The Balaban J connectivity index is 2.88. The highest BCUT2D eigenvalue weighted by Crippen LogP contribution is 2.20. The molecule has 0 saturated heterocycles. The molecular weight excluding hydrogens is 228 g/mol.